The van der Waals surface area contributed by atoms with Gasteiger partial charge in [0.2, 0.25) is 5.91 Å². The maximum absolute atomic E-state index is 13.1. The maximum atomic E-state index is 13.1. The first-order chi connectivity index (χ1) is 19.1. The Kier molecular flexibility index (Phi) is 9.53. The minimum absolute atomic E-state index is 0.0352. The van der Waals surface area contributed by atoms with Gasteiger partial charge < -0.3 is 24.5 Å². The molecule has 1 atom stereocenters. The van der Waals surface area contributed by atoms with E-state index in [1.807, 2.05) is 52.3 Å². The van der Waals surface area contributed by atoms with Crippen molar-refractivity contribution in [3.8, 4) is 5.75 Å². The third-order valence-electron chi connectivity index (χ3n) is 8.46. The van der Waals surface area contributed by atoms with Crippen molar-refractivity contribution in [2.75, 3.05) is 44.2 Å². The van der Waals surface area contributed by atoms with Crippen molar-refractivity contribution in [1.82, 2.24) is 9.80 Å². The van der Waals surface area contributed by atoms with Gasteiger partial charge in [-0.1, -0.05) is 24.6 Å². The number of hydrogen-bond donors (Lipinski definition) is 1. The number of nitrogens with zero attached hydrogens (tertiary/aromatic N) is 3. The van der Waals surface area contributed by atoms with Gasteiger partial charge in [-0.15, -0.1) is 0 Å². The number of carbonyl (C=O) groups excluding carboxylic acids is 2. The minimum atomic E-state index is -0.255. The Balaban J connectivity index is 1.03. The standard InChI is InChI=1S/C32H43N3O4/c36-28(24-33-19-5-1-6-20-33)9-4-7-23-39-29-14-11-26(12-15-29)32(38)34-21-17-27(18-22-34)35-30-10-3-2-8-25(30)13-16-31(35)37/h2-3,8,10-12,14-15,27-28,36H,1,4-7,9,13,16-24H2. The number of hydrogen-bond acceptors (Lipinski definition) is 5. The van der Waals surface area contributed by atoms with Crippen LogP contribution in [0.3, 0.4) is 0 Å². The number of fused-ring (bicyclic) bond motifs is 1. The number of aliphatic hydroxyl groups is 1. The Hall–Kier alpha value is -2.90. The SMILES string of the molecule is O=C(c1ccc(OCCCCC(O)CN2CCCCC2)cc1)N1CCC(N2C(=O)CCc3ccccc32)CC1. The van der Waals surface area contributed by atoms with Crippen molar-refractivity contribution < 1.29 is 19.4 Å². The fourth-order valence-corrected chi connectivity index (χ4v) is 6.26. The highest BCUT2D eigenvalue weighted by Gasteiger charge is 2.33. The summed E-state index contributed by atoms with van der Waals surface area (Å²) in [6.45, 7) is 4.93. The number of aliphatic hydroxyl groups excluding tert-OH is 1. The highest BCUT2D eigenvalue weighted by atomic mass is 16.5. The molecule has 1 unspecified atom stereocenters. The number of para-hydroxylation sites is 1. The van der Waals surface area contributed by atoms with Gasteiger partial charge in [-0.3, -0.25) is 9.59 Å². The average molecular weight is 534 g/mol. The summed E-state index contributed by atoms with van der Waals surface area (Å²) in [6, 6.07) is 15.8. The highest BCUT2D eigenvalue weighted by molar-refractivity contribution is 5.97. The molecule has 210 valence electrons. The van der Waals surface area contributed by atoms with Gasteiger partial charge in [0.05, 0.1) is 12.7 Å². The van der Waals surface area contributed by atoms with Crippen LogP contribution in [-0.2, 0) is 11.2 Å². The smallest absolute Gasteiger partial charge is 0.253 e. The number of β-amino-alcohol motifs (C(OH)–C–C–N with tert-alkyl or cyclic N) is 1. The molecule has 7 nitrogen and oxygen atoms in total. The molecule has 2 amide bonds. The predicted octanol–water partition coefficient (Wildman–Crippen LogP) is 4.67. The molecular weight excluding hydrogens is 490 g/mol. The molecule has 0 aromatic heterocycles. The number of ether oxygens (including phenoxy) is 1. The van der Waals surface area contributed by atoms with Crippen LogP contribution in [-0.4, -0.2) is 78.2 Å². The number of carbonyl (C=O) groups is 2. The van der Waals surface area contributed by atoms with Crippen molar-refractivity contribution >= 4 is 17.5 Å². The lowest BCUT2D eigenvalue weighted by molar-refractivity contribution is -0.119. The van der Waals surface area contributed by atoms with Crippen LogP contribution in [0.1, 0.15) is 73.7 Å². The van der Waals surface area contributed by atoms with Crippen LogP contribution in [0.5, 0.6) is 5.75 Å². The van der Waals surface area contributed by atoms with E-state index in [-0.39, 0.29) is 24.0 Å². The maximum Gasteiger partial charge on any atom is 0.253 e. The van der Waals surface area contributed by atoms with E-state index in [1.54, 1.807) is 0 Å². The van der Waals surface area contributed by atoms with Crippen molar-refractivity contribution in [3.63, 3.8) is 0 Å². The molecule has 39 heavy (non-hydrogen) atoms. The number of likely N-dealkylation sites (tertiary alicyclic amines) is 2. The van der Waals surface area contributed by atoms with E-state index in [1.165, 1.54) is 24.8 Å². The topological polar surface area (TPSA) is 73.3 Å². The molecule has 3 aliphatic heterocycles. The third-order valence-corrected chi connectivity index (χ3v) is 8.46. The summed E-state index contributed by atoms with van der Waals surface area (Å²) in [6.07, 6.45) is 9.16. The fraction of sp³-hybridized carbons (Fsp3) is 0.562. The van der Waals surface area contributed by atoms with Crippen LogP contribution in [0.15, 0.2) is 48.5 Å². The first kappa shape index (κ1) is 27.7. The molecule has 0 saturated carbocycles. The van der Waals surface area contributed by atoms with Crippen molar-refractivity contribution in [1.29, 1.82) is 0 Å². The van der Waals surface area contributed by atoms with Crippen LogP contribution >= 0.6 is 0 Å². The zero-order chi connectivity index (χ0) is 27.0. The largest absolute Gasteiger partial charge is 0.494 e. The Morgan fingerprint density at radius 1 is 0.923 bits per heavy atom. The van der Waals surface area contributed by atoms with Crippen LogP contribution in [0.25, 0.3) is 0 Å². The lowest BCUT2D eigenvalue weighted by Gasteiger charge is -2.41. The summed E-state index contributed by atoms with van der Waals surface area (Å²) < 4.78 is 5.88. The average Bonchev–Trinajstić information content (AvgIpc) is 2.97. The van der Waals surface area contributed by atoms with Crippen LogP contribution < -0.4 is 9.64 Å². The lowest BCUT2D eigenvalue weighted by atomic mass is 9.95. The summed E-state index contributed by atoms with van der Waals surface area (Å²) in [4.78, 5) is 32.2. The lowest BCUT2D eigenvalue weighted by Crippen LogP contribution is -2.50. The molecular formula is C32H43N3O4. The molecule has 0 aliphatic carbocycles. The number of benzene rings is 2. The van der Waals surface area contributed by atoms with Gasteiger partial charge in [0.1, 0.15) is 5.75 Å². The second-order valence-electron chi connectivity index (χ2n) is 11.3. The van der Waals surface area contributed by atoms with E-state index in [4.69, 9.17) is 4.74 Å². The van der Waals surface area contributed by atoms with E-state index in [9.17, 15) is 14.7 Å². The Labute approximate surface area is 232 Å². The number of anilines is 1. The predicted molar refractivity (Wildman–Crippen MR) is 153 cm³/mol. The zero-order valence-electron chi connectivity index (χ0n) is 23.1. The van der Waals surface area contributed by atoms with Gasteiger partial charge >= 0.3 is 0 Å². The summed E-state index contributed by atoms with van der Waals surface area (Å²) >= 11 is 0. The first-order valence-electron chi connectivity index (χ1n) is 14.9. The van der Waals surface area contributed by atoms with Crippen molar-refractivity contribution in [2.24, 2.45) is 0 Å². The normalized spacial score (nSPS) is 19.6. The monoisotopic (exact) mass is 533 g/mol. The van der Waals surface area contributed by atoms with E-state index in [0.717, 1.165) is 69.6 Å². The van der Waals surface area contributed by atoms with Crippen LogP contribution in [0.4, 0.5) is 5.69 Å². The quantitative estimate of drug-likeness (QED) is 0.450. The van der Waals surface area contributed by atoms with E-state index < -0.39 is 0 Å². The number of rotatable bonds is 10. The molecule has 2 saturated heterocycles. The third kappa shape index (κ3) is 7.20. The molecule has 2 aromatic rings. The summed E-state index contributed by atoms with van der Waals surface area (Å²) in [7, 11) is 0. The number of unbranched alkanes of at least 4 members (excludes halogenated alkanes) is 1. The molecule has 3 aliphatic rings. The second kappa shape index (κ2) is 13.4. The fourth-order valence-electron chi connectivity index (χ4n) is 6.26. The summed E-state index contributed by atoms with van der Waals surface area (Å²) in [5, 5.41) is 10.3. The molecule has 0 radical (unpaired) electrons. The van der Waals surface area contributed by atoms with Crippen LogP contribution in [0.2, 0.25) is 0 Å². The molecule has 2 fully saturated rings. The highest BCUT2D eigenvalue weighted by Crippen LogP contribution is 2.32. The Bertz CT molecular complexity index is 1090. The van der Waals surface area contributed by atoms with Gasteiger partial charge in [0, 0.05) is 43.3 Å². The van der Waals surface area contributed by atoms with Crippen LogP contribution in [0, 0.1) is 0 Å². The van der Waals surface area contributed by atoms with Gasteiger partial charge in [-0.2, -0.15) is 0 Å². The number of piperidine rings is 2. The first-order valence-corrected chi connectivity index (χ1v) is 14.9. The van der Waals surface area contributed by atoms with E-state index in [2.05, 4.69) is 11.0 Å². The number of aryl methyl sites for hydroxylation is 1. The van der Waals surface area contributed by atoms with E-state index in [0.29, 0.717) is 31.7 Å². The van der Waals surface area contributed by atoms with E-state index >= 15 is 0 Å². The van der Waals surface area contributed by atoms with Gasteiger partial charge in [0.15, 0.2) is 0 Å². The van der Waals surface area contributed by atoms with Gasteiger partial charge in [-0.05, 0) is 100 Å². The summed E-state index contributed by atoms with van der Waals surface area (Å²) in [5.74, 6) is 0.997. The molecule has 2 aromatic carbocycles. The molecule has 5 rings (SSSR count). The molecule has 3 heterocycles. The minimum Gasteiger partial charge on any atom is -0.494 e. The zero-order valence-corrected chi connectivity index (χ0v) is 23.1. The van der Waals surface area contributed by atoms with Gasteiger partial charge in [0.25, 0.3) is 5.91 Å². The summed E-state index contributed by atoms with van der Waals surface area (Å²) in [5.41, 5.74) is 2.95. The van der Waals surface area contributed by atoms with Gasteiger partial charge in [-0.25, -0.2) is 0 Å². The molecule has 1 N–H and O–H groups in total. The van der Waals surface area contributed by atoms with Crippen molar-refractivity contribution in [3.05, 3.63) is 59.7 Å². The second-order valence-corrected chi connectivity index (χ2v) is 11.3. The van der Waals surface area contributed by atoms with Crippen molar-refractivity contribution in [2.45, 2.75) is 76.4 Å². The molecule has 7 heteroatoms. The molecule has 0 bridgehead atoms. The Morgan fingerprint density at radius 3 is 2.44 bits per heavy atom. The molecule has 0 spiro atoms. The number of amides is 2. The Morgan fingerprint density at radius 2 is 1.67 bits per heavy atom.